The number of cyclic esters (lactones) is 1. The van der Waals surface area contributed by atoms with Crippen LogP contribution in [0.5, 0.6) is 0 Å². The molecule has 62 valence electrons. The first kappa shape index (κ1) is 8.11. The Kier molecular flexibility index (Phi) is 2.17. The second-order valence-electron chi connectivity index (χ2n) is 3.03. The van der Waals surface area contributed by atoms with Crippen LogP contribution in [-0.4, -0.2) is 30.2 Å². The van der Waals surface area contributed by atoms with E-state index in [1.54, 1.807) is 4.90 Å². The second kappa shape index (κ2) is 2.95. The van der Waals surface area contributed by atoms with Gasteiger partial charge in [-0.25, -0.2) is 4.79 Å². The van der Waals surface area contributed by atoms with Gasteiger partial charge in [-0.1, -0.05) is 12.2 Å². The molecular weight excluding hydrogens is 142 g/mol. The number of nitrogens with zero attached hydrogens (tertiary/aromatic N) is 1. The molecule has 3 heteroatoms. The molecule has 0 spiro atoms. The van der Waals surface area contributed by atoms with E-state index in [0.717, 1.165) is 5.57 Å². The average molecular weight is 155 g/mol. The van der Waals surface area contributed by atoms with Gasteiger partial charge in [-0.3, -0.25) is 0 Å². The number of carbonyl (C=O) groups excluding carboxylic acids is 1. The number of ether oxygens (including phenoxy) is 1. The Labute approximate surface area is 66.6 Å². The summed E-state index contributed by atoms with van der Waals surface area (Å²) >= 11 is 0. The van der Waals surface area contributed by atoms with E-state index in [4.69, 9.17) is 4.74 Å². The zero-order valence-corrected chi connectivity index (χ0v) is 6.96. The summed E-state index contributed by atoms with van der Waals surface area (Å²) in [7, 11) is 0. The van der Waals surface area contributed by atoms with E-state index in [0.29, 0.717) is 13.1 Å². The SMILES string of the molecule is C=C(C)CN1CC(C)OC1=O. The molecular formula is C8H13NO2. The summed E-state index contributed by atoms with van der Waals surface area (Å²) in [6, 6.07) is 0. The van der Waals surface area contributed by atoms with Gasteiger partial charge in [-0.2, -0.15) is 0 Å². The van der Waals surface area contributed by atoms with E-state index < -0.39 is 0 Å². The molecule has 1 heterocycles. The van der Waals surface area contributed by atoms with Crippen molar-refractivity contribution in [1.82, 2.24) is 4.90 Å². The molecule has 1 aliphatic rings. The van der Waals surface area contributed by atoms with Gasteiger partial charge in [0.25, 0.3) is 0 Å². The lowest BCUT2D eigenvalue weighted by molar-refractivity contribution is 0.139. The van der Waals surface area contributed by atoms with Crippen LogP contribution in [0, 0.1) is 0 Å². The van der Waals surface area contributed by atoms with Crippen molar-refractivity contribution in [2.45, 2.75) is 20.0 Å². The largest absolute Gasteiger partial charge is 0.444 e. The Hall–Kier alpha value is -0.990. The monoisotopic (exact) mass is 155 g/mol. The van der Waals surface area contributed by atoms with Gasteiger partial charge >= 0.3 is 6.09 Å². The van der Waals surface area contributed by atoms with Crippen molar-refractivity contribution in [3.8, 4) is 0 Å². The zero-order valence-electron chi connectivity index (χ0n) is 6.96. The molecule has 1 saturated heterocycles. The molecule has 0 aromatic rings. The van der Waals surface area contributed by atoms with E-state index in [9.17, 15) is 4.79 Å². The molecule has 3 nitrogen and oxygen atoms in total. The predicted octanol–water partition coefficient (Wildman–Crippen LogP) is 1.40. The molecule has 1 fully saturated rings. The molecule has 0 aromatic heterocycles. The van der Waals surface area contributed by atoms with Crippen LogP contribution in [0.4, 0.5) is 4.79 Å². The lowest BCUT2D eigenvalue weighted by atomic mass is 10.3. The van der Waals surface area contributed by atoms with Crippen molar-refractivity contribution in [2.24, 2.45) is 0 Å². The molecule has 1 rings (SSSR count). The summed E-state index contributed by atoms with van der Waals surface area (Å²) < 4.78 is 4.92. The highest BCUT2D eigenvalue weighted by Crippen LogP contribution is 2.11. The zero-order chi connectivity index (χ0) is 8.43. The Morgan fingerprint density at radius 2 is 2.55 bits per heavy atom. The van der Waals surface area contributed by atoms with Crippen molar-refractivity contribution in [3.63, 3.8) is 0 Å². The first-order valence-corrected chi connectivity index (χ1v) is 3.69. The van der Waals surface area contributed by atoms with Gasteiger partial charge in [0.1, 0.15) is 6.10 Å². The van der Waals surface area contributed by atoms with Crippen LogP contribution in [-0.2, 0) is 4.74 Å². The number of amides is 1. The van der Waals surface area contributed by atoms with Gasteiger partial charge < -0.3 is 9.64 Å². The van der Waals surface area contributed by atoms with E-state index in [2.05, 4.69) is 6.58 Å². The second-order valence-corrected chi connectivity index (χ2v) is 3.03. The summed E-state index contributed by atoms with van der Waals surface area (Å²) in [6.07, 6.45) is -0.192. The molecule has 0 radical (unpaired) electrons. The summed E-state index contributed by atoms with van der Waals surface area (Å²) in [5.41, 5.74) is 0.982. The quantitative estimate of drug-likeness (QED) is 0.564. The lowest BCUT2D eigenvalue weighted by Gasteiger charge is -2.11. The molecule has 11 heavy (non-hydrogen) atoms. The van der Waals surface area contributed by atoms with E-state index in [1.807, 2.05) is 13.8 Å². The molecule has 0 N–H and O–H groups in total. The van der Waals surface area contributed by atoms with Crippen molar-refractivity contribution in [2.75, 3.05) is 13.1 Å². The number of hydrogen-bond donors (Lipinski definition) is 0. The molecule has 1 unspecified atom stereocenters. The van der Waals surface area contributed by atoms with Crippen molar-refractivity contribution in [1.29, 1.82) is 0 Å². The Balaban J connectivity index is 2.47. The van der Waals surface area contributed by atoms with Crippen molar-refractivity contribution < 1.29 is 9.53 Å². The first-order chi connectivity index (χ1) is 5.09. The van der Waals surface area contributed by atoms with Crippen LogP contribution in [0.1, 0.15) is 13.8 Å². The van der Waals surface area contributed by atoms with Gasteiger partial charge in [0, 0.05) is 6.54 Å². The van der Waals surface area contributed by atoms with Gasteiger partial charge in [-0.05, 0) is 13.8 Å². The number of rotatable bonds is 2. The molecule has 0 bridgehead atoms. The summed E-state index contributed by atoms with van der Waals surface area (Å²) in [5, 5.41) is 0. The average Bonchev–Trinajstić information content (AvgIpc) is 2.09. The third-order valence-electron chi connectivity index (χ3n) is 1.50. The van der Waals surface area contributed by atoms with Gasteiger partial charge in [-0.15, -0.1) is 0 Å². The van der Waals surface area contributed by atoms with Crippen LogP contribution in [0.15, 0.2) is 12.2 Å². The summed E-state index contributed by atoms with van der Waals surface area (Å²) in [4.78, 5) is 12.6. The highest BCUT2D eigenvalue weighted by molar-refractivity contribution is 5.70. The molecule has 0 aromatic carbocycles. The van der Waals surface area contributed by atoms with Crippen molar-refractivity contribution >= 4 is 6.09 Å². The Morgan fingerprint density at radius 3 is 2.91 bits per heavy atom. The standard InChI is InChI=1S/C8H13NO2/c1-6(2)4-9-5-7(3)11-8(9)10/h7H,1,4-5H2,2-3H3. The molecule has 1 amide bonds. The highest BCUT2D eigenvalue weighted by atomic mass is 16.6. The van der Waals surface area contributed by atoms with Gasteiger partial charge in [0.15, 0.2) is 0 Å². The number of hydrogen-bond acceptors (Lipinski definition) is 2. The molecule has 1 aliphatic heterocycles. The van der Waals surface area contributed by atoms with Gasteiger partial charge in [0.2, 0.25) is 0 Å². The third kappa shape index (κ3) is 1.97. The van der Waals surface area contributed by atoms with Crippen LogP contribution < -0.4 is 0 Å². The van der Waals surface area contributed by atoms with Crippen LogP contribution >= 0.6 is 0 Å². The summed E-state index contributed by atoms with van der Waals surface area (Å²) in [5.74, 6) is 0. The van der Waals surface area contributed by atoms with Crippen LogP contribution in [0.3, 0.4) is 0 Å². The number of carbonyl (C=O) groups is 1. The van der Waals surface area contributed by atoms with E-state index in [-0.39, 0.29) is 12.2 Å². The fourth-order valence-electron chi connectivity index (χ4n) is 1.12. The normalized spacial score (nSPS) is 23.6. The van der Waals surface area contributed by atoms with E-state index in [1.165, 1.54) is 0 Å². The van der Waals surface area contributed by atoms with Crippen LogP contribution in [0.2, 0.25) is 0 Å². The third-order valence-corrected chi connectivity index (χ3v) is 1.50. The fraction of sp³-hybridized carbons (Fsp3) is 0.625. The highest BCUT2D eigenvalue weighted by Gasteiger charge is 2.27. The molecule has 0 saturated carbocycles. The van der Waals surface area contributed by atoms with E-state index >= 15 is 0 Å². The van der Waals surface area contributed by atoms with Crippen molar-refractivity contribution in [3.05, 3.63) is 12.2 Å². The maximum atomic E-state index is 11.0. The topological polar surface area (TPSA) is 29.5 Å². The fourth-order valence-corrected chi connectivity index (χ4v) is 1.12. The minimum absolute atomic E-state index is 0.0295. The molecule has 1 atom stereocenters. The van der Waals surface area contributed by atoms with Crippen LogP contribution in [0.25, 0.3) is 0 Å². The maximum Gasteiger partial charge on any atom is 0.410 e. The minimum atomic E-state index is -0.222. The predicted molar refractivity (Wildman–Crippen MR) is 42.3 cm³/mol. The lowest BCUT2D eigenvalue weighted by Crippen LogP contribution is -2.26. The first-order valence-electron chi connectivity index (χ1n) is 3.69. The summed E-state index contributed by atoms with van der Waals surface area (Å²) in [6.45, 7) is 8.81. The Morgan fingerprint density at radius 1 is 1.91 bits per heavy atom. The minimum Gasteiger partial charge on any atom is -0.444 e. The molecule has 0 aliphatic carbocycles. The maximum absolute atomic E-state index is 11.0. The smallest absolute Gasteiger partial charge is 0.410 e. The Bertz CT molecular complexity index is 189. The van der Waals surface area contributed by atoms with Gasteiger partial charge in [0.05, 0.1) is 6.54 Å².